The zero-order valence-corrected chi connectivity index (χ0v) is 15.4. The number of benzene rings is 1. The van der Waals surface area contributed by atoms with E-state index in [1.54, 1.807) is 0 Å². The van der Waals surface area contributed by atoms with Gasteiger partial charge in [-0.1, -0.05) is 30.3 Å². The first-order chi connectivity index (χ1) is 11.4. The lowest BCUT2D eigenvalue weighted by molar-refractivity contribution is 0.0525. The molecule has 1 aromatic rings. The molecule has 0 heterocycles. The monoisotopic (exact) mass is 335 g/mol. The van der Waals surface area contributed by atoms with Gasteiger partial charge in [-0.2, -0.15) is 0 Å². The summed E-state index contributed by atoms with van der Waals surface area (Å²) in [4.78, 5) is 14.1. The molecule has 0 aliphatic carbocycles. The van der Waals surface area contributed by atoms with E-state index >= 15 is 0 Å². The van der Waals surface area contributed by atoms with Crippen molar-refractivity contribution in [2.75, 3.05) is 26.2 Å². The van der Waals surface area contributed by atoms with Gasteiger partial charge in [-0.15, -0.1) is 0 Å². The summed E-state index contributed by atoms with van der Waals surface area (Å²) in [5.74, 6) is 0. The maximum Gasteiger partial charge on any atom is 0.407 e. The molecule has 1 amide bonds. The summed E-state index contributed by atoms with van der Waals surface area (Å²) in [6.07, 6.45) is 2.69. The lowest BCUT2D eigenvalue weighted by Gasteiger charge is -2.23. The van der Waals surface area contributed by atoms with Crippen molar-refractivity contribution in [1.82, 2.24) is 10.2 Å². The lowest BCUT2D eigenvalue weighted by Crippen LogP contribution is -2.34. The third kappa shape index (κ3) is 10.2. The van der Waals surface area contributed by atoms with Gasteiger partial charge in [-0.25, -0.2) is 4.79 Å². The number of nitrogens with zero attached hydrogens (tertiary/aromatic N) is 1. The van der Waals surface area contributed by atoms with E-state index in [1.807, 2.05) is 26.8 Å². The Morgan fingerprint density at radius 3 is 2.42 bits per heavy atom. The molecular weight excluding hydrogens is 302 g/mol. The van der Waals surface area contributed by atoms with Crippen LogP contribution < -0.4 is 11.1 Å². The molecule has 3 N–H and O–H groups in total. The Kier molecular flexibility index (Phi) is 9.42. The molecule has 0 aliphatic rings. The summed E-state index contributed by atoms with van der Waals surface area (Å²) in [6.45, 7) is 9.85. The number of amides is 1. The average molecular weight is 335 g/mol. The summed E-state index contributed by atoms with van der Waals surface area (Å²) in [7, 11) is 0. The van der Waals surface area contributed by atoms with Crippen molar-refractivity contribution in [2.24, 2.45) is 5.73 Å². The molecule has 0 aliphatic heterocycles. The number of nitrogens with one attached hydrogen (secondary N) is 1. The molecule has 1 aromatic carbocycles. The number of unbranched alkanes of at least 4 members (excludes halogenated alkanes) is 1. The van der Waals surface area contributed by atoms with E-state index in [9.17, 15) is 4.79 Å². The molecule has 0 bridgehead atoms. The second-order valence-corrected chi connectivity index (χ2v) is 7.04. The summed E-state index contributed by atoms with van der Waals surface area (Å²) in [6, 6.07) is 10.5. The summed E-state index contributed by atoms with van der Waals surface area (Å²) in [5, 5.41) is 2.82. The molecular formula is C19H33N3O2. The molecule has 1 rings (SSSR count). The number of rotatable bonds is 10. The van der Waals surface area contributed by atoms with E-state index in [0.29, 0.717) is 6.54 Å². The van der Waals surface area contributed by atoms with Gasteiger partial charge in [-0.3, -0.25) is 4.90 Å². The SMILES string of the molecule is CC(C)(C)OC(=O)NCCCN(CCCCN)Cc1ccccc1. The number of hydrogen-bond acceptors (Lipinski definition) is 4. The molecule has 0 saturated carbocycles. The highest BCUT2D eigenvalue weighted by atomic mass is 16.6. The van der Waals surface area contributed by atoms with Crippen LogP contribution in [0.4, 0.5) is 4.79 Å². The van der Waals surface area contributed by atoms with Crippen molar-refractivity contribution < 1.29 is 9.53 Å². The van der Waals surface area contributed by atoms with Crippen molar-refractivity contribution in [2.45, 2.75) is 52.2 Å². The second-order valence-electron chi connectivity index (χ2n) is 7.04. The Morgan fingerprint density at radius 1 is 1.12 bits per heavy atom. The van der Waals surface area contributed by atoms with Crippen LogP contribution in [0.5, 0.6) is 0 Å². The maximum absolute atomic E-state index is 11.6. The van der Waals surface area contributed by atoms with Crippen molar-refractivity contribution in [3.05, 3.63) is 35.9 Å². The highest BCUT2D eigenvalue weighted by molar-refractivity contribution is 5.67. The summed E-state index contributed by atoms with van der Waals surface area (Å²) >= 11 is 0. The first kappa shape index (κ1) is 20.5. The van der Waals surface area contributed by atoms with Gasteiger partial charge in [0.05, 0.1) is 0 Å². The van der Waals surface area contributed by atoms with Gasteiger partial charge in [0.2, 0.25) is 0 Å². The van der Waals surface area contributed by atoms with Crippen LogP contribution in [0.2, 0.25) is 0 Å². The number of ether oxygens (including phenoxy) is 1. The van der Waals surface area contributed by atoms with E-state index in [0.717, 1.165) is 45.4 Å². The fourth-order valence-electron chi connectivity index (χ4n) is 2.40. The number of alkyl carbamates (subject to hydrolysis) is 1. The van der Waals surface area contributed by atoms with Crippen LogP contribution in [0.25, 0.3) is 0 Å². The van der Waals surface area contributed by atoms with Gasteiger partial charge in [0.15, 0.2) is 0 Å². The van der Waals surface area contributed by atoms with Crippen molar-refractivity contribution in [3.63, 3.8) is 0 Å². The minimum atomic E-state index is -0.453. The van der Waals surface area contributed by atoms with Crippen molar-refractivity contribution >= 4 is 6.09 Å². The zero-order valence-electron chi connectivity index (χ0n) is 15.4. The molecule has 0 atom stereocenters. The first-order valence-electron chi connectivity index (χ1n) is 8.84. The number of carbonyl (C=O) groups is 1. The Hall–Kier alpha value is -1.59. The number of nitrogens with two attached hydrogens (primary N) is 1. The molecule has 0 saturated heterocycles. The quantitative estimate of drug-likeness (QED) is 0.645. The van der Waals surface area contributed by atoms with Gasteiger partial charge in [0.1, 0.15) is 5.60 Å². The Balaban J connectivity index is 2.34. The Bertz CT molecular complexity index is 457. The van der Waals surface area contributed by atoms with E-state index in [1.165, 1.54) is 5.56 Å². The molecule has 136 valence electrons. The summed E-state index contributed by atoms with van der Waals surface area (Å²) in [5.41, 5.74) is 6.45. The van der Waals surface area contributed by atoms with Crippen molar-refractivity contribution in [1.29, 1.82) is 0 Å². The first-order valence-corrected chi connectivity index (χ1v) is 8.84. The van der Waals surface area contributed by atoms with E-state index in [-0.39, 0.29) is 6.09 Å². The third-order valence-corrected chi connectivity index (χ3v) is 3.50. The van der Waals surface area contributed by atoms with Gasteiger partial charge >= 0.3 is 6.09 Å². The van der Waals surface area contributed by atoms with Crippen molar-refractivity contribution in [3.8, 4) is 0 Å². The topological polar surface area (TPSA) is 67.6 Å². The van der Waals surface area contributed by atoms with Crippen LogP contribution in [0, 0.1) is 0 Å². The largest absolute Gasteiger partial charge is 0.444 e. The van der Waals surface area contributed by atoms with Gasteiger partial charge in [0.25, 0.3) is 0 Å². The van der Waals surface area contributed by atoms with E-state index in [4.69, 9.17) is 10.5 Å². The highest BCUT2D eigenvalue weighted by Crippen LogP contribution is 2.08. The highest BCUT2D eigenvalue weighted by Gasteiger charge is 2.15. The van der Waals surface area contributed by atoms with Gasteiger partial charge in [0, 0.05) is 19.6 Å². The summed E-state index contributed by atoms with van der Waals surface area (Å²) < 4.78 is 5.24. The zero-order chi connectivity index (χ0) is 17.8. The van der Waals surface area contributed by atoms with Crippen LogP contribution in [0.1, 0.15) is 45.6 Å². The van der Waals surface area contributed by atoms with Gasteiger partial charge in [-0.05, 0) is 58.7 Å². The molecule has 0 spiro atoms. The number of carbonyl (C=O) groups excluding carboxylic acids is 1. The smallest absolute Gasteiger partial charge is 0.407 e. The normalized spacial score (nSPS) is 11.5. The molecule has 24 heavy (non-hydrogen) atoms. The van der Waals surface area contributed by atoms with E-state index < -0.39 is 5.60 Å². The van der Waals surface area contributed by atoms with Gasteiger partial charge < -0.3 is 15.8 Å². The standard InChI is InChI=1S/C19H33N3O2/c1-19(2,3)24-18(23)21-13-9-15-22(14-8-7-12-20)16-17-10-5-4-6-11-17/h4-6,10-11H,7-9,12-16,20H2,1-3H3,(H,21,23). The van der Waals surface area contributed by atoms with Crippen LogP contribution in [-0.2, 0) is 11.3 Å². The average Bonchev–Trinajstić information content (AvgIpc) is 2.51. The van der Waals surface area contributed by atoms with Crippen LogP contribution in [-0.4, -0.2) is 42.8 Å². The molecule has 0 fully saturated rings. The Labute approximate surface area is 146 Å². The maximum atomic E-state index is 11.6. The molecule has 0 radical (unpaired) electrons. The lowest BCUT2D eigenvalue weighted by atomic mass is 10.2. The molecule has 0 aromatic heterocycles. The van der Waals surface area contributed by atoms with Crippen LogP contribution in [0.3, 0.4) is 0 Å². The van der Waals surface area contributed by atoms with Crippen LogP contribution >= 0.6 is 0 Å². The number of hydrogen-bond donors (Lipinski definition) is 2. The fourth-order valence-corrected chi connectivity index (χ4v) is 2.40. The predicted octanol–water partition coefficient (Wildman–Crippen LogP) is 3.14. The third-order valence-electron chi connectivity index (χ3n) is 3.50. The fraction of sp³-hybridized carbons (Fsp3) is 0.632. The molecule has 0 unspecified atom stereocenters. The minimum absolute atomic E-state index is 0.347. The minimum Gasteiger partial charge on any atom is -0.444 e. The van der Waals surface area contributed by atoms with E-state index in [2.05, 4.69) is 34.5 Å². The molecule has 5 heteroatoms. The molecule has 5 nitrogen and oxygen atoms in total. The van der Waals surface area contributed by atoms with Crippen LogP contribution in [0.15, 0.2) is 30.3 Å². The Morgan fingerprint density at radius 2 is 1.79 bits per heavy atom. The second kappa shape index (κ2) is 11.0. The predicted molar refractivity (Wildman–Crippen MR) is 98.9 cm³/mol.